The minimum absolute atomic E-state index is 0.135. The van der Waals surface area contributed by atoms with Crippen LogP contribution in [0.25, 0.3) is 0 Å². The van der Waals surface area contributed by atoms with Gasteiger partial charge in [0.25, 0.3) is 11.8 Å². The Bertz CT molecular complexity index is 1470. The molecule has 41 heavy (non-hydrogen) atoms. The van der Waals surface area contributed by atoms with Crippen molar-refractivity contribution in [2.45, 2.75) is 101 Å². The number of ether oxygens (including phenoxy) is 1. The fourth-order valence-corrected chi connectivity index (χ4v) is 7.64. The molecule has 2 aliphatic carbocycles. The molecular weight excluding hydrogens is 526 g/mol. The van der Waals surface area contributed by atoms with Gasteiger partial charge in [0.1, 0.15) is 11.4 Å². The van der Waals surface area contributed by atoms with E-state index < -0.39 is 29.5 Å². The predicted molar refractivity (Wildman–Crippen MR) is 149 cm³/mol. The molecule has 9 heteroatoms. The molecule has 4 aliphatic heterocycles. The van der Waals surface area contributed by atoms with E-state index in [4.69, 9.17) is 10.1 Å². The van der Waals surface area contributed by atoms with Gasteiger partial charge in [-0.1, -0.05) is 19.1 Å². The number of hydrogen-bond acceptors (Lipinski definition) is 4. The molecule has 4 heterocycles. The first-order chi connectivity index (χ1) is 19.4. The van der Waals surface area contributed by atoms with Gasteiger partial charge in [-0.2, -0.15) is 0 Å². The highest BCUT2D eigenvalue weighted by atomic mass is 19.3. The highest BCUT2D eigenvalue weighted by molar-refractivity contribution is 6.00. The van der Waals surface area contributed by atoms with E-state index in [1.807, 2.05) is 26.8 Å². The molecule has 2 aromatic carbocycles. The third-order valence-electron chi connectivity index (χ3n) is 10.0. The predicted octanol–water partition coefficient (Wildman–Crippen LogP) is 6.06. The molecule has 2 unspecified atom stereocenters. The molecule has 0 radical (unpaired) electrons. The molecule has 2 amide bonds. The van der Waals surface area contributed by atoms with Gasteiger partial charge in [0, 0.05) is 35.1 Å². The Kier molecular flexibility index (Phi) is 5.64. The monoisotopic (exact) mass is 562 g/mol. The minimum Gasteiger partial charge on any atom is -0.487 e. The van der Waals surface area contributed by atoms with Gasteiger partial charge < -0.3 is 15.4 Å². The van der Waals surface area contributed by atoms with Gasteiger partial charge in [-0.25, -0.2) is 8.78 Å². The Hall–Kier alpha value is -3.49. The molecule has 6 aliphatic rings. The van der Waals surface area contributed by atoms with Crippen LogP contribution >= 0.6 is 0 Å². The fourth-order valence-electron chi connectivity index (χ4n) is 7.64. The standard InChI is InChI=1S/C32H36F2N4O3/c1-4-31-10-9-18-11-20(18)17-6-8-26-22(12-17)24(14-30(2,3)41-26)36-28(40)19-5-7-23-21(13-19)25(15-32(23,33)34)38(27(39)16-31)29(35)37-31/h5-8,12-13,18,20,24-25H,4,9-11,14-16H2,1-3H3,(H2,35,37)(H,36,40)/t18?,20?,24-,25+,31+/m0/s1. The highest BCUT2D eigenvalue weighted by Crippen LogP contribution is 2.54. The zero-order valence-corrected chi connectivity index (χ0v) is 23.7. The van der Waals surface area contributed by atoms with Crippen molar-refractivity contribution in [2.24, 2.45) is 5.92 Å². The maximum absolute atomic E-state index is 15.2. The second-order valence-corrected chi connectivity index (χ2v) is 13.3. The number of benzene rings is 2. The van der Waals surface area contributed by atoms with Crippen molar-refractivity contribution in [1.82, 2.24) is 15.5 Å². The first-order valence-electron chi connectivity index (χ1n) is 14.7. The summed E-state index contributed by atoms with van der Waals surface area (Å²) in [6.07, 6.45) is 3.44. The molecule has 1 saturated heterocycles. The summed E-state index contributed by atoms with van der Waals surface area (Å²) in [7, 11) is 0. The van der Waals surface area contributed by atoms with Gasteiger partial charge in [0.2, 0.25) is 5.91 Å². The van der Waals surface area contributed by atoms with Crippen molar-refractivity contribution >= 4 is 17.8 Å². The van der Waals surface area contributed by atoms with Crippen LogP contribution in [0.4, 0.5) is 8.78 Å². The Balaban J connectivity index is 1.33. The molecule has 5 atom stereocenters. The van der Waals surface area contributed by atoms with E-state index in [0.717, 1.165) is 30.6 Å². The number of nitrogens with one attached hydrogen (secondary N) is 3. The van der Waals surface area contributed by atoms with Crippen LogP contribution in [0.2, 0.25) is 0 Å². The number of carbonyl (C=O) groups excluding carboxylic acids is 2. The third-order valence-corrected chi connectivity index (χ3v) is 10.0. The van der Waals surface area contributed by atoms with Gasteiger partial charge in [-0.3, -0.25) is 19.9 Å². The number of halogens is 2. The van der Waals surface area contributed by atoms with E-state index in [1.54, 1.807) is 0 Å². The SMILES string of the molecule is CC[C@]12CCC3CC3c3ccc4c(c3)[C@H](CC(C)(C)O4)NC(=O)c3ccc4c(c3)[C@@H](CC4(F)F)N(C(=N)N1)C(=O)C2. The van der Waals surface area contributed by atoms with Crippen molar-refractivity contribution in [1.29, 1.82) is 5.41 Å². The minimum atomic E-state index is -3.17. The van der Waals surface area contributed by atoms with Gasteiger partial charge >= 0.3 is 0 Å². The Morgan fingerprint density at radius 3 is 2.66 bits per heavy atom. The largest absolute Gasteiger partial charge is 0.487 e. The van der Waals surface area contributed by atoms with Crippen LogP contribution in [-0.2, 0) is 10.7 Å². The fraction of sp³-hybridized carbons (Fsp3) is 0.531. The Labute approximate surface area is 238 Å². The zero-order chi connectivity index (χ0) is 28.9. The van der Waals surface area contributed by atoms with Crippen LogP contribution in [0, 0.1) is 11.3 Å². The quantitative estimate of drug-likeness (QED) is 0.394. The molecule has 2 fully saturated rings. The molecule has 0 spiro atoms. The van der Waals surface area contributed by atoms with Crippen molar-refractivity contribution in [3.63, 3.8) is 0 Å². The number of alkyl halides is 2. The highest BCUT2D eigenvalue weighted by Gasteiger charge is 2.52. The summed E-state index contributed by atoms with van der Waals surface area (Å²) in [6, 6.07) is 9.18. The lowest BCUT2D eigenvalue weighted by atomic mass is 9.83. The van der Waals surface area contributed by atoms with E-state index in [2.05, 4.69) is 22.8 Å². The second kappa shape index (κ2) is 8.76. The summed E-state index contributed by atoms with van der Waals surface area (Å²) in [6.45, 7) is 6.00. The Morgan fingerprint density at radius 1 is 1.10 bits per heavy atom. The van der Waals surface area contributed by atoms with Crippen molar-refractivity contribution in [2.75, 3.05) is 0 Å². The molecule has 6 bridgehead atoms. The summed E-state index contributed by atoms with van der Waals surface area (Å²) in [4.78, 5) is 28.4. The smallest absolute Gasteiger partial charge is 0.275 e. The molecule has 1 saturated carbocycles. The van der Waals surface area contributed by atoms with E-state index in [9.17, 15) is 9.59 Å². The number of guanidine groups is 1. The van der Waals surface area contributed by atoms with Crippen LogP contribution in [0.5, 0.6) is 5.75 Å². The summed E-state index contributed by atoms with van der Waals surface area (Å²) in [5.41, 5.74) is 1.39. The molecule has 8 rings (SSSR count). The van der Waals surface area contributed by atoms with Crippen LogP contribution in [-0.4, -0.2) is 33.8 Å². The molecule has 7 nitrogen and oxygen atoms in total. The van der Waals surface area contributed by atoms with E-state index in [-0.39, 0.29) is 46.9 Å². The van der Waals surface area contributed by atoms with E-state index in [1.165, 1.54) is 28.7 Å². The van der Waals surface area contributed by atoms with Crippen LogP contribution < -0.4 is 15.4 Å². The number of nitrogens with zero attached hydrogens (tertiary/aromatic N) is 1. The van der Waals surface area contributed by atoms with Gasteiger partial charge in [0.05, 0.1) is 18.5 Å². The molecule has 2 aromatic rings. The van der Waals surface area contributed by atoms with E-state index in [0.29, 0.717) is 24.7 Å². The number of rotatable bonds is 1. The number of hydrogen-bond donors (Lipinski definition) is 3. The number of fused-ring (bicyclic) bond motifs is 4. The summed E-state index contributed by atoms with van der Waals surface area (Å²) >= 11 is 0. The number of amides is 2. The van der Waals surface area contributed by atoms with Crippen LogP contribution in [0.1, 0.15) is 116 Å². The molecule has 216 valence electrons. The average Bonchev–Trinajstić information content (AvgIpc) is 3.64. The Morgan fingerprint density at radius 2 is 1.90 bits per heavy atom. The maximum Gasteiger partial charge on any atom is 0.275 e. The van der Waals surface area contributed by atoms with E-state index >= 15 is 8.78 Å². The topological polar surface area (TPSA) is 94.5 Å². The van der Waals surface area contributed by atoms with Crippen LogP contribution in [0.3, 0.4) is 0 Å². The van der Waals surface area contributed by atoms with Gasteiger partial charge in [0.15, 0.2) is 5.96 Å². The average molecular weight is 563 g/mol. The lowest BCUT2D eigenvalue weighted by molar-refractivity contribution is -0.133. The van der Waals surface area contributed by atoms with Crippen molar-refractivity contribution in [3.05, 3.63) is 64.2 Å². The van der Waals surface area contributed by atoms with Crippen molar-refractivity contribution < 1.29 is 23.1 Å². The molecule has 3 N–H and O–H groups in total. The van der Waals surface area contributed by atoms with Crippen molar-refractivity contribution in [3.8, 4) is 5.75 Å². The lowest BCUT2D eigenvalue weighted by Gasteiger charge is -2.44. The maximum atomic E-state index is 15.2. The first-order valence-corrected chi connectivity index (χ1v) is 14.7. The number of carbonyl (C=O) groups is 2. The van der Waals surface area contributed by atoms with Gasteiger partial charge in [-0.15, -0.1) is 0 Å². The second-order valence-electron chi connectivity index (χ2n) is 13.3. The normalized spacial score (nSPS) is 32.7. The molecular formula is C32H36F2N4O3. The van der Waals surface area contributed by atoms with Gasteiger partial charge in [-0.05, 0) is 86.8 Å². The summed E-state index contributed by atoms with van der Waals surface area (Å²) in [5, 5.41) is 15.2. The third kappa shape index (κ3) is 4.30. The zero-order valence-electron chi connectivity index (χ0n) is 23.7. The molecule has 0 aromatic heterocycles. The first kappa shape index (κ1) is 26.4. The van der Waals surface area contributed by atoms with Crippen LogP contribution in [0.15, 0.2) is 36.4 Å². The summed E-state index contributed by atoms with van der Waals surface area (Å²) in [5.74, 6) is -2.38. The lowest BCUT2D eigenvalue weighted by Crippen LogP contribution is -2.62. The summed E-state index contributed by atoms with van der Waals surface area (Å²) < 4.78 is 36.8.